The number of fused-ring (bicyclic) bond motifs is 2. The summed E-state index contributed by atoms with van der Waals surface area (Å²) in [6.07, 6.45) is 5.06. The smallest absolute Gasteiger partial charge is 0.244 e. The predicted octanol–water partition coefficient (Wildman–Crippen LogP) is 5.83. The van der Waals surface area contributed by atoms with Crippen LogP contribution in [0.4, 0.5) is 5.69 Å². The predicted molar refractivity (Wildman–Crippen MR) is 129 cm³/mol. The van der Waals surface area contributed by atoms with Gasteiger partial charge in [0.1, 0.15) is 6.54 Å². The fraction of sp³-hybridized carbons (Fsp3) is 0.231. The molecule has 3 aromatic carbocycles. The van der Waals surface area contributed by atoms with Crippen molar-refractivity contribution in [3.8, 4) is 0 Å². The Morgan fingerprint density at radius 3 is 2.13 bits per heavy atom. The topological polar surface area (TPSA) is 51.1 Å². The number of thioether (sulfide) groups is 1. The van der Waals surface area contributed by atoms with Gasteiger partial charge in [-0.1, -0.05) is 49.2 Å². The Bertz CT molecular complexity index is 1260. The summed E-state index contributed by atoms with van der Waals surface area (Å²) in [6.45, 7) is 0.143. The number of benzene rings is 3. The number of nitrogens with zero attached hydrogens (tertiary/aromatic N) is 1. The Balaban J connectivity index is 1.48. The van der Waals surface area contributed by atoms with Crippen LogP contribution >= 0.6 is 11.8 Å². The Morgan fingerprint density at radius 1 is 0.871 bits per heavy atom. The standard InChI is InChI=1S/C26H24N2O2S/c29-25(27-21-13-5-8-16-24(21)31-18-9-1-2-10-18)17-28-22-14-6-3-11-19(22)26(30)20-12-4-7-15-23(20)28/h3-8,11-16,18H,1-2,9-10,17H2,(H,27,29). The molecule has 1 heterocycles. The first kappa shape index (κ1) is 19.9. The van der Waals surface area contributed by atoms with Crippen molar-refractivity contribution in [3.63, 3.8) is 0 Å². The molecule has 1 aromatic heterocycles. The number of hydrogen-bond acceptors (Lipinski definition) is 3. The summed E-state index contributed by atoms with van der Waals surface area (Å²) in [4.78, 5) is 27.2. The lowest BCUT2D eigenvalue weighted by atomic mass is 10.1. The lowest BCUT2D eigenvalue weighted by Crippen LogP contribution is -2.21. The number of anilines is 1. The highest BCUT2D eigenvalue weighted by molar-refractivity contribution is 8.00. The Hall–Kier alpha value is -3.05. The molecule has 0 spiro atoms. The van der Waals surface area contributed by atoms with Crippen molar-refractivity contribution < 1.29 is 4.79 Å². The molecular formula is C26H24N2O2S. The van der Waals surface area contributed by atoms with Crippen LogP contribution in [-0.2, 0) is 11.3 Å². The van der Waals surface area contributed by atoms with Crippen LogP contribution in [0.3, 0.4) is 0 Å². The minimum absolute atomic E-state index is 0.00108. The number of carbonyl (C=O) groups excluding carboxylic acids is 1. The van der Waals surface area contributed by atoms with Crippen LogP contribution < -0.4 is 10.7 Å². The lowest BCUT2D eigenvalue weighted by Gasteiger charge is -2.17. The second-order valence-corrected chi connectivity index (χ2v) is 9.36. The molecule has 4 nitrogen and oxygen atoms in total. The zero-order valence-corrected chi connectivity index (χ0v) is 18.0. The number of para-hydroxylation sites is 3. The van der Waals surface area contributed by atoms with E-state index in [0.717, 1.165) is 21.6 Å². The number of amides is 1. The van der Waals surface area contributed by atoms with Gasteiger partial charge < -0.3 is 9.88 Å². The minimum Gasteiger partial charge on any atom is -0.331 e. The van der Waals surface area contributed by atoms with Crippen LogP contribution in [0.5, 0.6) is 0 Å². The van der Waals surface area contributed by atoms with E-state index in [0.29, 0.717) is 16.0 Å². The summed E-state index contributed by atoms with van der Waals surface area (Å²) >= 11 is 1.87. The SMILES string of the molecule is O=C(Cn1c2ccccc2c(=O)c2ccccc21)Nc1ccccc1SC1CCCC1. The zero-order valence-electron chi connectivity index (χ0n) is 17.2. The number of nitrogens with one attached hydrogen (secondary N) is 1. The molecule has 1 aliphatic carbocycles. The molecule has 1 fully saturated rings. The molecule has 0 aliphatic heterocycles. The number of carbonyl (C=O) groups is 1. The fourth-order valence-corrected chi connectivity index (χ4v) is 5.77. The van der Waals surface area contributed by atoms with Crippen molar-refractivity contribution in [2.75, 3.05) is 5.32 Å². The highest BCUT2D eigenvalue weighted by Crippen LogP contribution is 2.38. The second-order valence-electron chi connectivity index (χ2n) is 8.02. The van der Waals surface area contributed by atoms with Crippen molar-refractivity contribution in [1.82, 2.24) is 4.57 Å². The number of pyridine rings is 1. The summed E-state index contributed by atoms with van der Waals surface area (Å²) in [5.41, 5.74) is 2.41. The molecule has 0 unspecified atom stereocenters. The van der Waals surface area contributed by atoms with E-state index >= 15 is 0 Å². The van der Waals surface area contributed by atoms with Gasteiger partial charge in [-0.3, -0.25) is 9.59 Å². The van der Waals surface area contributed by atoms with E-state index in [1.807, 2.05) is 83.1 Å². The van der Waals surface area contributed by atoms with Gasteiger partial charge in [0.2, 0.25) is 5.91 Å². The largest absolute Gasteiger partial charge is 0.331 e. The van der Waals surface area contributed by atoms with Crippen molar-refractivity contribution in [1.29, 1.82) is 0 Å². The Labute approximate surface area is 185 Å². The summed E-state index contributed by atoms with van der Waals surface area (Å²) < 4.78 is 1.94. The number of hydrogen-bond donors (Lipinski definition) is 1. The van der Waals surface area contributed by atoms with Crippen molar-refractivity contribution >= 4 is 45.2 Å². The molecule has 0 bridgehead atoms. The molecule has 0 saturated heterocycles. The number of aromatic nitrogens is 1. The molecule has 0 atom stereocenters. The van der Waals surface area contributed by atoms with Gasteiger partial charge in [-0.25, -0.2) is 0 Å². The van der Waals surface area contributed by atoms with Gasteiger partial charge in [-0.2, -0.15) is 0 Å². The third kappa shape index (κ3) is 3.98. The second kappa shape index (κ2) is 8.60. The van der Waals surface area contributed by atoms with Crippen molar-refractivity contribution in [2.24, 2.45) is 0 Å². The maximum Gasteiger partial charge on any atom is 0.244 e. The molecule has 5 rings (SSSR count). The van der Waals surface area contributed by atoms with Gasteiger partial charge in [0, 0.05) is 20.9 Å². The maximum absolute atomic E-state index is 13.1. The molecule has 1 aliphatic rings. The van der Waals surface area contributed by atoms with Crippen LogP contribution in [0.1, 0.15) is 25.7 Å². The van der Waals surface area contributed by atoms with Gasteiger partial charge in [0.05, 0.1) is 16.7 Å². The minimum atomic E-state index is -0.0987. The highest BCUT2D eigenvalue weighted by Gasteiger charge is 2.19. The molecule has 1 saturated carbocycles. The van der Waals surface area contributed by atoms with Crippen LogP contribution in [0, 0.1) is 0 Å². The summed E-state index contributed by atoms with van der Waals surface area (Å²) in [7, 11) is 0. The third-order valence-corrected chi connectivity index (χ3v) is 7.35. The molecule has 1 amide bonds. The van der Waals surface area contributed by atoms with Gasteiger partial charge >= 0.3 is 0 Å². The van der Waals surface area contributed by atoms with E-state index < -0.39 is 0 Å². The zero-order chi connectivity index (χ0) is 21.2. The van der Waals surface area contributed by atoms with Crippen LogP contribution in [-0.4, -0.2) is 15.7 Å². The van der Waals surface area contributed by atoms with E-state index in [1.165, 1.54) is 25.7 Å². The van der Waals surface area contributed by atoms with E-state index in [1.54, 1.807) is 0 Å². The molecule has 31 heavy (non-hydrogen) atoms. The normalized spacial score (nSPS) is 14.3. The first-order chi connectivity index (χ1) is 15.2. The first-order valence-electron chi connectivity index (χ1n) is 10.8. The first-order valence-corrected chi connectivity index (χ1v) is 11.6. The van der Waals surface area contributed by atoms with E-state index in [-0.39, 0.29) is 17.9 Å². The molecule has 5 heteroatoms. The van der Waals surface area contributed by atoms with Crippen molar-refractivity contribution in [2.45, 2.75) is 42.4 Å². The molecule has 156 valence electrons. The van der Waals surface area contributed by atoms with Gasteiger partial charge in [0.15, 0.2) is 5.43 Å². The van der Waals surface area contributed by atoms with E-state index in [2.05, 4.69) is 11.4 Å². The van der Waals surface area contributed by atoms with E-state index in [4.69, 9.17) is 0 Å². The van der Waals surface area contributed by atoms with Crippen LogP contribution in [0.15, 0.2) is 82.5 Å². The molecule has 4 aromatic rings. The monoisotopic (exact) mass is 428 g/mol. The summed E-state index contributed by atoms with van der Waals surface area (Å²) in [5, 5.41) is 5.01. The summed E-state index contributed by atoms with van der Waals surface area (Å²) in [5.74, 6) is -0.0987. The van der Waals surface area contributed by atoms with Gasteiger partial charge in [0.25, 0.3) is 0 Å². The number of rotatable bonds is 5. The molecule has 0 radical (unpaired) electrons. The molecular weight excluding hydrogens is 404 g/mol. The molecule has 1 N–H and O–H groups in total. The van der Waals surface area contributed by atoms with Gasteiger partial charge in [-0.15, -0.1) is 11.8 Å². The summed E-state index contributed by atoms with van der Waals surface area (Å²) in [6, 6.07) is 23.0. The Kier molecular flexibility index (Phi) is 5.51. The average molecular weight is 429 g/mol. The van der Waals surface area contributed by atoms with Crippen LogP contribution in [0.2, 0.25) is 0 Å². The third-order valence-electron chi connectivity index (χ3n) is 5.94. The van der Waals surface area contributed by atoms with Gasteiger partial charge in [-0.05, 0) is 49.2 Å². The average Bonchev–Trinajstić information content (AvgIpc) is 3.31. The van der Waals surface area contributed by atoms with Crippen LogP contribution in [0.25, 0.3) is 21.8 Å². The highest BCUT2D eigenvalue weighted by atomic mass is 32.2. The quantitative estimate of drug-likeness (QED) is 0.407. The fourth-order valence-electron chi connectivity index (χ4n) is 4.44. The maximum atomic E-state index is 13.1. The lowest BCUT2D eigenvalue weighted by molar-refractivity contribution is -0.116. The Morgan fingerprint density at radius 2 is 1.45 bits per heavy atom. The van der Waals surface area contributed by atoms with Crippen molar-refractivity contribution in [3.05, 3.63) is 83.0 Å². The van der Waals surface area contributed by atoms with E-state index in [9.17, 15) is 9.59 Å².